The summed E-state index contributed by atoms with van der Waals surface area (Å²) in [5.74, 6) is 0.748. The maximum absolute atomic E-state index is 13.2. The van der Waals surface area contributed by atoms with E-state index >= 15 is 0 Å². The summed E-state index contributed by atoms with van der Waals surface area (Å²) in [7, 11) is 1.60. The first-order chi connectivity index (χ1) is 12.8. The molecule has 1 atom stereocenters. The predicted octanol–water partition coefficient (Wildman–Crippen LogP) is 0.278. The summed E-state index contributed by atoms with van der Waals surface area (Å²) in [5, 5.41) is 0. The molecule has 1 unspecified atom stereocenters. The number of benzene rings is 1. The first-order valence-corrected chi connectivity index (χ1v) is 10.1. The van der Waals surface area contributed by atoms with Crippen LogP contribution in [0, 0.1) is 0 Å². The van der Waals surface area contributed by atoms with Gasteiger partial charge >= 0.3 is 5.69 Å². The van der Waals surface area contributed by atoms with E-state index in [-0.39, 0.29) is 16.6 Å². The first-order valence-electron chi connectivity index (χ1n) is 8.66. The van der Waals surface area contributed by atoms with Crippen LogP contribution >= 0.6 is 0 Å². The zero-order valence-electron chi connectivity index (χ0n) is 15.5. The Balaban J connectivity index is 1.72. The van der Waals surface area contributed by atoms with Crippen LogP contribution in [0.1, 0.15) is 11.9 Å². The lowest BCUT2D eigenvalue weighted by Crippen LogP contribution is -2.49. The number of fused-ring (bicyclic) bond motifs is 1. The maximum Gasteiger partial charge on any atom is 0.328 e. The van der Waals surface area contributed by atoms with Crippen molar-refractivity contribution in [3.8, 4) is 0 Å². The fourth-order valence-electron chi connectivity index (χ4n) is 3.62. The zero-order chi connectivity index (χ0) is 19.3. The SMILES string of the molecule is CN1CCN(S(=O)(=O)c2ccc3c(c2)n(C)c(=O)n3C)CC1c1ncc[nH]1. The largest absolute Gasteiger partial charge is 0.347 e. The summed E-state index contributed by atoms with van der Waals surface area (Å²) < 4.78 is 30.9. The third-order valence-corrected chi connectivity index (χ3v) is 7.19. The van der Waals surface area contributed by atoms with Gasteiger partial charge in [-0.15, -0.1) is 0 Å². The molecule has 27 heavy (non-hydrogen) atoms. The van der Waals surface area contributed by atoms with E-state index in [4.69, 9.17) is 0 Å². The first kappa shape index (κ1) is 18.0. The van der Waals surface area contributed by atoms with Crippen molar-refractivity contribution in [1.29, 1.82) is 0 Å². The lowest BCUT2D eigenvalue weighted by molar-refractivity contribution is 0.142. The van der Waals surface area contributed by atoms with Crippen molar-refractivity contribution in [2.75, 3.05) is 26.7 Å². The molecule has 3 heterocycles. The molecule has 3 aromatic rings. The Labute approximate surface area is 156 Å². The Morgan fingerprint density at radius 2 is 1.85 bits per heavy atom. The second kappa shape index (κ2) is 6.32. The number of nitrogens with one attached hydrogen (secondary N) is 1. The summed E-state index contributed by atoms with van der Waals surface area (Å²) in [6.45, 7) is 1.33. The van der Waals surface area contributed by atoms with Gasteiger partial charge in [0.25, 0.3) is 0 Å². The normalized spacial score (nSPS) is 19.7. The van der Waals surface area contributed by atoms with Crippen molar-refractivity contribution in [1.82, 2.24) is 28.3 Å². The van der Waals surface area contributed by atoms with Gasteiger partial charge in [-0.05, 0) is 25.2 Å². The summed E-state index contributed by atoms with van der Waals surface area (Å²) >= 11 is 0. The molecule has 1 fully saturated rings. The molecule has 0 bridgehead atoms. The Morgan fingerprint density at radius 3 is 2.56 bits per heavy atom. The molecule has 0 radical (unpaired) electrons. The van der Waals surface area contributed by atoms with E-state index in [1.807, 2.05) is 7.05 Å². The summed E-state index contributed by atoms with van der Waals surface area (Å²) in [6.07, 6.45) is 3.40. The number of hydrogen-bond donors (Lipinski definition) is 1. The molecule has 9 nitrogen and oxygen atoms in total. The molecular weight excluding hydrogens is 368 g/mol. The Kier molecular flexibility index (Phi) is 4.21. The van der Waals surface area contributed by atoms with Crippen molar-refractivity contribution < 1.29 is 8.42 Å². The highest BCUT2D eigenvalue weighted by Crippen LogP contribution is 2.27. The number of nitrogens with zero attached hydrogens (tertiary/aromatic N) is 5. The molecule has 10 heteroatoms. The van der Waals surface area contributed by atoms with Crippen LogP contribution in [-0.4, -0.2) is 63.4 Å². The van der Waals surface area contributed by atoms with E-state index in [1.54, 1.807) is 44.7 Å². The van der Waals surface area contributed by atoms with Gasteiger partial charge in [0.05, 0.1) is 22.0 Å². The van der Waals surface area contributed by atoms with E-state index in [0.717, 1.165) is 5.82 Å². The highest BCUT2D eigenvalue weighted by Gasteiger charge is 2.34. The van der Waals surface area contributed by atoms with Crippen LogP contribution < -0.4 is 5.69 Å². The Hall–Kier alpha value is -2.43. The third kappa shape index (κ3) is 2.80. The van der Waals surface area contributed by atoms with E-state index < -0.39 is 10.0 Å². The second-order valence-corrected chi connectivity index (χ2v) is 8.82. The molecule has 1 aromatic carbocycles. The molecule has 1 N–H and O–H groups in total. The van der Waals surface area contributed by atoms with Crippen LogP contribution in [0.25, 0.3) is 11.0 Å². The van der Waals surface area contributed by atoms with Gasteiger partial charge in [-0.1, -0.05) is 0 Å². The number of rotatable bonds is 3. The van der Waals surface area contributed by atoms with E-state index in [1.165, 1.54) is 13.4 Å². The summed E-state index contributed by atoms with van der Waals surface area (Å²) in [5.41, 5.74) is 1.12. The van der Waals surface area contributed by atoms with Gasteiger partial charge in [-0.2, -0.15) is 4.31 Å². The van der Waals surface area contributed by atoms with Crippen LogP contribution in [-0.2, 0) is 24.1 Å². The monoisotopic (exact) mass is 390 g/mol. The fourth-order valence-corrected chi connectivity index (χ4v) is 5.08. The number of sulfonamides is 1. The minimum Gasteiger partial charge on any atom is -0.347 e. The standard InChI is InChI=1S/C17H22N6O3S/c1-20-8-9-23(11-15(20)16-18-6-7-19-16)27(25,26)12-4-5-13-14(10-12)22(3)17(24)21(13)2/h4-7,10,15H,8-9,11H2,1-3H3,(H,18,19). The van der Waals surface area contributed by atoms with Crippen molar-refractivity contribution in [3.05, 3.63) is 46.9 Å². The molecule has 4 rings (SSSR count). The second-order valence-electron chi connectivity index (χ2n) is 6.89. The van der Waals surface area contributed by atoms with Gasteiger partial charge < -0.3 is 4.98 Å². The molecular formula is C17H22N6O3S. The number of piperazine rings is 1. The smallest absolute Gasteiger partial charge is 0.328 e. The van der Waals surface area contributed by atoms with Gasteiger partial charge in [0.15, 0.2) is 0 Å². The van der Waals surface area contributed by atoms with Gasteiger partial charge in [0.2, 0.25) is 10.0 Å². The number of imidazole rings is 2. The van der Waals surface area contributed by atoms with Gasteiger partial charge in [0.1, 0.15) is 5.82 Å². The van der Waals surface area contributed by atoms with Gasteiger partial charge in [-0.3, -0.25) is 14.0 Å². The van der Waals surface area contributed by atoms with Crippen LogP contribution in [0.5, 0.6) is 0 Å². The average Bonchev–Trinajstić information content (AvgIpc) is 3.26. The van der Waals surface area contributed by atoms with Crippen molar-refractivity contribution >= 4 is 21.1 Å². The minimum absolute atomic E-state index is 0.131. The predicted molar refractivity (Wildman–Crippen MR) is 101 cm³/mol. The number of aromatic nitrogens is 4. The molecule has 0 saturated carbocycles. The molecule has 2 aromatic heterocycles. The number of hydrogen-bond acceptors (Lipinski definition) is 5. The van der Waals surface area contributed by atoms with Crippen molar-refractivity contribution in [2.45, 2.75) is 10.9 Å². The highest BCUT2D eigenvalue weighted by atomic mass is 32.2. The molecule has 1 saturated heterocycles. The maximum atomic E-state index is 13.2. The van der Waals surface area contributed by atoms with Crippen molar-refractivity contribution in [3.63, 3.8) is 0 Å². The fraction of sp³-hybridized carbons (Fsp3) is 0.412. The zero-order valence-corrected chi connectivity index (χ0v) is 16.3. The number of likely N-dealkylation sites (N-methyl/N-ethyl adjacent to an activating group) is 1. The lowest BCUT2D eigenvalue weighted by Gasteiger charge is -2.37. The van der Waals surface area contributed by atoms with E-state index in [2.05, 4.69) is 14.9 Å². The Bertz CT molecular complexity index is 1150. The van der Waals surface area contributed by atoms with E-state index in [9.17, 15) is 13.2 Å². The van der Waals surface area contributed by atoms with Gasteiger partial charge in [0, 0.05) is 46.1 Å². The molecule has 144 valence electrons. The van der Waals surface area contributed by atoms with Crippen LogP contribution in [0.3, 0.4) is 0 Å². The van der Waals surface area contributed by atoms with Crippen LogP contribution in [0.4, 0.5) is 0 Å². The molecule has 1 aliphatic heterocycles. The van der Waals surface area contributed by atoms with Crippen LogP contribution in [0.2, 0.25) is 0 Å². The minimum atomic E-state index is -3.68. The molecule has 0 spiro atoms. The molecule has 0 amide bonds. The summed E-state index contributed by atoms with van der Waals surface area (Å²) in [6, 6.07) is 4.70. The quantitative estimate of drug-likeness (QED) is 0.693. The van der Waals surface area contributed by atoms with Crippen LogP contribution in [0.15, 0.2) is 40.3 Å². The molecule has 1 aliphatic rings. The molecule has 0 aliphatic carbocycles. The topological polar surface area (TPSA) is 96.2 Å². The number of aromatic amines is 1. The third-order valence-electron chi connectivity index (χ3n) is 5.33. The number of aryl methyl sites for hydroxylation is 2. The highest BCUT2D eigenvalue weighted by molar-refractivity contribution is 7.89. The van der Waals surface area contributed by atoms with Crippen molar-refractivity contribution in [2.24, 2.45) is 14.1 Å². The van der Waals surface area contributed by atoms with Gasteiger partial charge in [-0.25, -0.2) is 18.2 Å². The van der Waals surface area contributed by atoms with E-state index in [0.29, 0.717) is 30.7 Å². The summed E-state index contributed by atoms with van der Waals surface area (Å²) in [4.78, 5) is 21.8. The lowest BCUT2D eigenvalue weighted by atomic mass is 10.2. The Morgan fingerprint density at radius 1 is 1.11 bits per heavy atom. The average molecular weight is 390 g/mol. The number of H-pyrrole nitrogens is 1.